The minimum Gasteiger partial charge on any atom is -0.491 e. The SMILES string of the molecule is CC(C)Oc1ccc(NCCC(=O)Nc2ccc(N(C)C)cc2)cc1. The molecule has 2 rings (SSSR count). The highest BCUT2D eigenvalue weighted by Gasteiger charge is 2.03. The summed E-state index contributed by atoms with van der Waals surface area (Å²) in [6.45, 7) is 4.57. The normalized spacial score (nSPS) is 10.4. The Labute approximate surface area is 150 Å². The smallest absolute Gasteiger partial charge is 0.226 e. The van der Waals surface area contributed by atoms with E-state index in [2.05, 4.69) is 10.6 Å². The molecule has 0 aliphatic carbocycles. The predicted octanol–water partition coefficient (Wildman–Crippen LogP) is 3.98. The van der Waals surface area contributed by atoms with E-state index in [1.165, 1.54) is 0 Å². The number of rotatable bonds is 8. The van der Waals surface area contributed by atoms with Gasteiger partial charge in [-0.25, -0.2) is 0 Å². The highest BCUT2D eigenvalue weighted by atomic mass is 16.5. The fourth-order valence-corrected chi connectivity index (χ4v) is 2.31. The maximum Gasteiger partial charge on any atom is 0.226 e. The van der Waals surface area contributed by atoms with Crippen molar-refractivity contribution in [1.29, 1.82) is 0 Å². The first-order valence-corrected chi connectivity index (χ1v) is 8.52. The lowest BCUT2D eigenvalue weighted by atomic mass is 10.2. The van der Waals surface area contributed by atoms with Gasteiger partial charge < -0.3 is 20.3 Å². The zero-order chi connectivity index (χ0) is 18.2. The van der Waals surface area contributed by atoms with Crippen molar-refractivity contribution in [3.63, 3.8) is 0 Å². The predicted molar refractivity (Wildman–Crippen MR) is 105 cm³/mol. The number of nitrogens with one attached hydrogen (secondary N) is 2. The van der Waals surface area contributed by atoms with Crippen LogP contribution in [-0.2, 0) is 4.79 Å². The third kappa shape index (κ3) is 6.37. The van der Waals surface area contributed by atoms with Crippen LogP contribution in [0.15, 0.2) is 48.5 Å². The number of carbonyl (C=O) groups excluding carboxylic acids is 1. The molecule has 0 heterocycles. The molecule has 2 N–H and O–H groups in total. The van der Waals surface area contributed by atoms with Crippen LogP contribution in [0.3, 0.4) is 0 Å². The first-order valence-electron chi connectivity index (χ1n) is 8.52. The maximum atomic E-state index is 12.0. The molecular weight excluding hydrogens is 314 g/mol. The Morgan fingerprint density at radius 3 is 2.16 bits per heavy atom. The van der Waals surface area contributed by atoms with Crippen LogP contribution >= 0.6 is 0 Å². The molecule has 134 valence electrons. The summed E-state index contributed by atoms with van der Waals surface area (Å²) in [5, 5.41) is 6.15. The van der Waals surface area contributed by atoms with Crippen LogP contribution in [0, 0.1) is 0 Å². The summed E-state index contributed by atoms with van der Waals surface area (Å²) in [6.07, 6.45) is 0.564. The zero-order valence-corrected chi connectivity index (χ0v) is 15.4. The number of nitrogens with zero attached hydrogens (tertiary/aromatic N) is 1. The molecule has 0 aliphatic heterocycles. The molecule has 0 aromatic heterocycles. The van der Waals surface area contributed by atoms with Crippen molar-refractivity contribution in [2.75, 3.05) is 36.2 Å². The van der Waals surface area contributed by atoms with Crippen molar-refractivity contribution in [3.05, 3.63) is 48.5 Å². The number of amides is 1. The molecule has 0 fully saturated rings. The summed E-state index contributed by atoms with van der Waals surface area (Å²) in [5.74, 6) is 0.837. The molecule has 25 heavy (non-hydrogen) atoms. The molecule has 2 aromatic carbocycles. The first kappa shape index (κ1) is 18.6. The molecule has 0 aliphatic rings. The molecule has 1 amide bonds. The zero-order valence-electron chi connectivity index (χ0n) is 15.4. The highest BCUT2D eigenvalue weighted by molar-refractivity contribution is 5.91. The molecule has 5 heteroatoms. The maximum absolute atomic E-state index is 12.0. The third-order valence-corrected chi connectivity index (χ3v) is 3.57. The minimum absolute atomic E-state index is 0.00938. The van der Waals surface area contributed by atoms with Crippen LogP contribution < -0.4 is 20.3 Å². The lowest BCUT2D eigenvalue weighted by molar-refractivity contribution is -0.115. The number of hydrogen-bond donors (Lipinski definition) is 2. The van der Waals surface area contributed by atoms with Gasteiger partial charge in [0.15, 0.2) is 0 Å². The Morgan fingerprint density at radius 2 is 1.60 bits per heavy atom. The highest BCUT2D eigenvalue weighted by Crippen LogP contribution is 2.17. The van der Waals surface area contributed by atoms with Crippen molar-refractivity contribution in [3.8, 4) is 5.75 Å². The molecule has 0 unspecified atom stereocenters. The number of hydrogen-bond acceptors (Lipinski definition) is 4. The number of carbonyl (C=O) groups is 1. The molecule has 5 nitrogen and oxygen atoms in total. The van der Waals surface area contributed by atoms with E-state index in [4.69, 9.17) is 4.74 Å². The van der Waals surface area contributed by atoms with Gasteiger partial charge in [-0.15, -0.1) is 0 Å². The molecule has 0 saturated heterocycles. The van der Waals surface area contributed by atoms with Gasteiger partial charge in [0.1, 0.15) is 5.75 Å². The average molecular weight is 341 g/mol. The second kappa shape index (κ2) is 8.97. The summed E-state index contributed by atoms with van der Waals surface area (Å²) in [4.78, 5) is 14.0. The van der Waals surface area contributed by atoms with E-state index in [1.54, 1.807) is 0 Å². The molecule has 0 atom stereocenters. The summed E-state index contributed by atoms with van der Waals surface area (Å²) in [7, 11) is 3.97. The fourth-order valence-electron chi connectivity index (χ4n) is 2.31. The van der Waals surface area contributed by atoms with Crippen LogP contribution in [-0.4, -0.2) is 32.7 Å². The standard InChI is InChI=1S/C20H27N3O2/c1-15(2)25-19-11-7-16(8-12-19)21-14-13-20(24)22-17-5-9-18(10-6-17)23(3)4/h5-12,15,21H,13-14H2,1-4H3,(H,22,24). The average Bonchev–Trinajstić information content (AvgIpc) is 2.56. The Kier molecular flexibility index (Phi) is 6.69. The summed E-state index contributed by atoms with van der Waals surface area (Å²) >= 11 is 0. The van der Waals surface area contributed by atoms with Gasteiger partial charge in [0.25, 0.3) is 0 Å². The van der Waals surface area contributed by atoms with E-state index in [1.807, 2.05) is 81.4 Å². The lowest BCUT2D eigenvalue weighted by Crippen LogP contribution is -2.16. The summed E-state index contributed by atoms with van der Waals surface area (Å²) in [6, 6.07) is 15.5. The first-order chi connectivity index (χ1) is 11.9. The van der Waals surface area contributed by atoms with Crippen LogP contribution in [0.5, 0.6) is 5.75 Å². The van der Waals surface area contributed by atoms with Crippen LogP contribution in [0.4, 0.5) is 17.1 Å². The summed E-state index contributed by atoms with van der Waals surface area (Å²) < 4.78 is 5.61. The third-order valence-electron chi connectivity index (χ3n) is 3.57. The van der Waals surface area contributed by atoms with Gasteiger partial charge in [0.05, 0.1) is 6.10 Å². The van der Waals surface area contributed by atoms with Crippen molar-refractivity contribution < 1.29 is 9.53 Å². The van der Waals surface area contributed by atoms with Gasteiger partial charge in [-0.3, -0.25) is 4.79 Å². The number of ether oxygens (including phenoxy) is 1. The number of anilines is 3. The Morgan fingerprint density at radius 1 is 1.00 bits per heavy atom. The Hall–Kier alpha value is -2.69. The molecule has 0 radical (unpaired) electrons. The number of benzene rings is 2. The van der Waals surface area contributed by atoms with E-state index in [-0.39, 0.29) is 12.0 Å². The quantitative estimate of drug-likeness (QED) is 0.762. The molecule has 0 saturated carbocycles. The van der Waals surface area contributed by atoms with Crippen molar-refractivity contribution >= 4 is 23.0 Å². The largest absolute Gasteiger partial charge is 0.491 e. The van der Waals surface area contributed by atoms with E-state index < -0.39 is 0 Å². The summed E-state index contributed by atoms with van der Waals surface area (Å²) in [5.41, 5.74) is 2.88. The minimum atomic E-state index is -0.00938. The van der Waals surface area contributed by atoms with Crippen molar-refractivity contribution in [2.45, 2.75) is 26.4 Å². The van der Waals surface area contributed by atoms with E-state index in [9.17, 15) is 4.79 Å². The Bertz CT molecular complexity index is 664. The van der Waals surface area contributed by atoms with Crippen LogP contribution in [0.1, 0.15) is 20.3 Å². The van der Waals surface area contributed by atoms with Crippen molar-refractivity contribution in [2.24, 2.45) is 0 Å². The van der Waals surface area contributed by atoms with Crippen LogP contribution in [0.2, 0.25) is 0 Å². The van der Waals surface area contributed by atoms with Gasteiger partial charge in [0.2, 0.25) is 5.91 Å². The monoisotopic (exact) mass is 341 g/mol. The van der Waals surface area contributed by atoms with Gasteiger partial charge in [-0.2, -0.15) is 0 Å². The molecular formula is C20H27N3O2. The van der Waals surface area contributed by atoms with Gasteiger partial charge in [-0.05, 0) is 62.4 Å². The van der Waals surface area contributed by atoms with E-state index in [0.717, 1.165) is 22.8 Å². The van der Waals surface area contributed by atoms with E-state index in [0.29, 0.717) is 13.0 Å². The van der Waals surface area contributed by atoms with Gasteiger partial charge in [-0.1, -0.05) is 0 Å². The molecule has 0 spiro atoms. The molecule has 0 bridgehead atoms. The fraction of sp³-hybridized carbons (Fsp3) is 0.350. The lowest BCUT2D eigenvalue weighted by Gasteiger charge is -2.13. The van der Waals surface area contributed by atoms with Crippen LogP contribution in [0.25, 0.3) is 0 Å². The Balaban J connectivity index is 1.74. The van der Waals surface area contributed by atoms with E-state index >= 15 is 0 Å². The molecule has 2 aromatic rings. The topological polar surface area (TPSA) is 53.6 Å². The second-order valence-electron chi connectivity index (χ2n) is 6.36. The van der Waals surface area contributed by atoms with Gasteiger partial charge >= 0.3 is 0 Å². The second-order valence-corrected chi connectivity index (χ2v) is 6.36. The van der Waals surface area contributed by atoms with Gasteiger partial charge in [0, 0.05) is 44.1 Å². The van der Waals surface area contributed by atoms with Crippen molar-refractivity contribution in [1.82, 2.24) is 0 Å².